The zero-order valence-corrected chi connectivity index (χ0v) is 18.0. The molecule has 10 heteroatoms. The van der Waals surface area contributed by atoms with Gasteiger partial charge in [0, 0.05) is 12.1 Å². The molecule has 0 fully saturated rings. The quantitative estimate of drug-likeness (QED) is 0.515. The number of aryl methyl sites for hydroxylation is 1. The molecule has 0 atom stereocenters. The minimum absolute atomic E-state index is 0.0936. The number of rotatable bonds is 8. The molecule has 1 heterocycles. The molecule has 2 aromatic carbocycles. The number of anilines is 1. The largest absolute Gasteiger partial charge is 0.486 e. The third kappa shape index (κ3) is 5.31. The molecule has 0 radical (unpaired) electrons. The SMILES string of the molecule is Cc1cc(OCc2nnc(SCC(=O)Nc3ccccc3C(N)=O)n2C)ccc1Cl. The van der Waals surface area contributed by atoms with Crippen LogP contribution in [0.2, 0.25) is 5.02 Å². The Hall–Kier alpha value is -3.04. The Kier molecular flexibility index (Phi) is 6.96. The van der Waals surface area contributed by atoms with Gasteiger partial charge in [-0.3, -0.25) is 9.59 Å². The van der Waals surface area contributed by atoms with E-state index in [2.05, 4.69) is 15.5 Å². The molecule has 0 bridgehead atoms. The van der Waals surface area contributed by atoms with Gasteiger partial charge in [-0.05, 0) is 42.8 Å². The maximum Gasteiger partial charge on any atom is 0.250 e. The van der Waals surface area contributed by atoms with E-state index in [1.54, 1.807) is 48.0 Å². The van der Waals surface area contributed by atoms with Gasteiger partial charge in [-0.15, -0.1) is 10.2 Å². The highest BCUT2D eigenvalue weighted by Crippen LogP contribution is 2.22. The Bertz CT molecular complexity index is 1090. The summed E-state index contributed by atoms with van der Waals surface area (Å²) in [4.78, 5) is 23.7. The number of benzene rings is 2. The summed E-state index contributed by atoms with van der Waals surface area (Å²) in [6.45, 7) is 2.13. The number of primary amides is 1. The van der Waals surface area contributed by atoms with Gasteiger partial charge in [0.25, 0.3) is 5.91 Å². The lowest BCUT2D eigenvalue weighted by Crippen LogP contribution is -2.19. The summed E-state index contributed by atoms with van der Waals surface area (Å²) in [5.41, 5.74) is 6.88. The smallest absolute Gasteiger partial charge is 0.250 e. The summed E-state index contributed by atoms with van der Waals surface area (Å²) in [7, 11) is 1.80. The second-order valence-electron chi connectivity index (χ2n) is 6.40. The number of ether oxygens (including phenoxy) is 1. The monoisotopic (exact) mass is 445 g/mol. The van der Waals surface area contributed by atoms with Gasteiger partial charge in [0.2, 0.25) is 5.91 Å². The van der Waals surface area contributed by atoms with Gasteiger partial charge in [0.1, 0.15) is 12.4 Å². The van der Waals surface area contributed by atoms with Gasteiger partial charge in [0.15, 0.2) is 11.0 Å². The average molecular weight is 446 g/mol. The van der Waals surface area contributed by atoms with Gasteiger partial charge in [-0.1, -0.05) is 35.5 Å². The lowest BCUT2D eigenvalue weighted by molar-refractivity contribution is -0.113. The summed E-state index contributed by atoms with van der Waals surface area (Å²) in [5.74, 6) is 0.501. The first-order chi connectivity index (χ1) is 14.3. The van der Waals surface area contributed by atoms with Crippen LogP contribution < -0.4 is 15.8 Å². The third-order valence-electron chi connectivity index (χ3n) is 4.22. The summed E-state index contributed by atoms with van der Waals surface area (Å²) in [6, 6.07) is 12.0. The van der Waals surface area contributed by atoms with Crippen LogP contribution in [0.25, 0.3) is 0 Å². The number of para-hydroxylation sites is 1. The number of hydrogen-bond acceptors (Lipinski definition) is 6. The fourth-order valence-electron chi connectivity index (χ4n) is 2.57. The van der Waals surface area contributed by atoms with Gasteiger partial charge >= 0.3 is 0 Å². The van der Waals surface area contributed by atoms with E-state index < -0.39 is 5.91 Å². The molecule has 0 spiro atoms. The van der Waals surface area contributed by atoms with Crippen molar-refractivity contribution in [1.29, 1.82) is 0 Å². The standard InChI is InChI=1S/C20H20ClN5O3S/c1-12-9-13(7-8-15(12)21)29-10-17-24-25-20(26(17)2)30-11-18(27)23-16-6-4-3-5-14(16)19(22)28/h3-9H,10-11H2,1-2H3,(H2,22,28)(H,23,27). The maximum atomic E-state index is 12.3. The van der Waals surface area contributed by atoms with Crippen molar-refractivity contribution in [2.75, 3.05) is 11.1 Å². The highest BCUT2D eigenvalue weighted by molar-refractivity contribution is 7.99. The first kappa shape index (κ1) is 21.7. The highest BCUT2D eigenvalue weighted by atomic mass is 35.5. The van der Waals surface area contributed by atoms with Crippen LogP contribution in [0.1, 0.15) is 21.7 Å². The van der Waals surface area contributed by atoms with Gasteiger partial charge in [-0.25, -0.2) is 0 Å². The molecule has 0 aliphatic rings. The molecule has 3 aromatic rings. The molecule has 2 amide bonds. The van der Waals surface area contributed by atoms with Crippen molar-refractivity contribution in [3.05, 3.63) is 64.4 Å². The average Bonchev–Trinajstić information content (AvgIpc) is 3.07. The van der Waals surface area contributed by atoms with E-state index in [0.717, 1.165) is 5.56 Å². The molecule has 8 nitrogen and oxygen atoms in total. The molecule has 0 aliphatic carbocycles. The van der Waals surface area contributed by atoms with E-state index in [0.29, 0.717) is 27.4 Å². The minimum Gasteiger partial charge on any atom is -0.486 e. The molecule has 0 saturated carbocycles. The first-order valence-corrected chi connectivity index (χ1v) is 10.3. The van der Waals surface area contributed by atoms with Crippen LogP contribution >= 0.6 is 23.4 Å². The first-order valence-electron chi connectivity index (χ1n) is 8.94. The molecular weight excluding hydrogens is 426 g/mol. The molecule has 0 aliphatic heterocycles. The molecule has 0 saturated heterocycles. The molecule has 1 aromatic heterocycles. The van der Waals surface area contributed by atoms with Crippen molar-refractivity contribution in [2.45, 2.75) is 18.7 Å². The summed E-state index contributed by atoms with van der Waals surface area (Å²) >= 11 is 7.25. The van der Waals surface area contributed by atoms with Crippen molar-refractivity contribution in [1.82, 2.24) is 14.8 Å². The Labute approximate surface area is 182 Å². The van der Waals surface area contributed by atoms with Crippen LogP contribution in [0.5, 0.6) is 5.75 Å². The number of halogens is 1. The van der Waals surface area contributed by atoms with Crippen LogP contribution in [-0.2, 0) is 18.4 Å². The Balaban J connectivity index is 1.56. The third-order valence-corrected chi connectivity index (χ3v) is 5.67. The van der Waals surface area contributed by atoms with E-state index in [1.807, 2.05) is 13.0 Å². The van der Waals surface area contributed by atoms with Gasteiger partial charge in [0.05, 0.1) is 17.0 Å². The number of carbonyl (C=O) groups excluding carboxylic acids is 2. The summed E-state index contributed by atoms with van der Waals surface area (Å²) in [5, 5.41) is 12.2. The van der Waals surface area contributed by atoms with Crippen molar-refractivity contribution in [2.24, 2.45) is 12.8 Å². The second-order valence-corrected chi connectivity index (χ2v) is 7.75. The molecule has 156 valence electrons. The molecular formula is C20H20ClN5O3S. The second kappa shape index (κ2) is 9.64. The van der Waals surface area contributed by atoms with Crippen molar-refractivity contribution >= 4 is 40.9 Å². The van der Waals surface area contributed by atoms with E-state index >= 15 is 0 Å². The zero-order valence-electron chi connectivity index (χ0n) is 16.4. The van der Waals surface area contributed by atoms with E-state index in [-0.39, 0.29) is 23.8 Å². The number of nitrogens with zero attached hydrogens (tertiary/aromatic N) is 3. The number of carbonyl (C=O) groups is 2. The van der Waals surface area contributed by atoms with Crippen LogP contribution in [0.4, 0.5) is 5.69 Å². The number of amides is 2. The predicted molar refractivity (Wildman–Crippen MR) is 116 cm³/mol. The number of hydrogen-bond donors (Lipinski definition) is 2. The lowest BCUT2D eigenvalue weighted by Gasteiger charge is -2.09. The Morgan fingerprint density at radius 1 is 1.23 bits per heavy atom. The van der Waals surface area contributed by atoms with Crippen LogP contribution in [0, 0.1) is 6.92 Å². The Morgan fingerprint density at radius 3 is 2.73 bits per heavy atom. The van der Waals surface area contributed by atoms with Gasteiger partial charge in [-0.2, -0.15) is 0 Å². The highest BCUT2D eigenvalue weighted by Gasteiger charge is 2.14. The predicted octanol–water partition coefficient (Wildman–Crippen LogP) is 3.19. The molecule has 0 unspecified atom stereocenters. The summed E-state index contributed by atoms with van der Waals surface area (Å²) < 4.78 is 7.51. The van der Waals surface area contributed by atoms with Crippen molar-refractivity contribution in [3.63, 3.8) is 0 Å². The van der Waals surface area contributed by atoms with Gasteiger partial charge < -0.3 is 20.4 Å². The number of thioether (sulfide) groups is 1. The fraction of sp³-hybridized carbons (Fsp3) is 0.200. The van der Waals surface area contributed by atoms with E-state index in [1.165, 1.54) is 11.8 Å². The van der Waals surface area contributed by atoms with Crippen LogP contribution in [0.3, 0.4) is 0 Å². The Morgan fingerprint density at radius 2 is 2.00 bits per heavy atom. The van der Waals surface area contributed by atoms with Crippen molar-refractivity contribution < 1.29 is 14.3 Å². The van der Waals surface area contributed by atoms with E-state index in [4.69, 9.17) is 22.1 Å². The molecule has 30 heavy (non-hydrogen) atoms. The normalized spacial score (nSPS) is 10.6. The lowest BCUT2D eigenvalue weighted by atomic mass is 10.1. The zero-order chi connectivity index (χ0) is 21.7. The fourth-order valence-corrected chi connectivity index (χ4v) is 3.42. The summed E-state index contributed by atoms with van der Waals surface area (Å²) in [6.07, 6.45) is 0. The van der Waals surface area contributed by atoms with Crippen LogP contribution in [-0.4, -0.2) is 32.3 Å². The van der Waals surface area contributed by atoms with E-state index in [9.17, 15) is 9.59 Å². The molecule has 3 N–H and O–H groups in total. The maximum absolute atomic E-state index is 12.3. The van der Waals surface area contributed by atoms with Crippen LogP contribution in [0.15, 0.2) is 47.6 Å². The topological polar surface area (TPSA) is 112 Å². The van der Waals surface area contributed by atoms with Crippen molar-refractivity contribution in [3.8, 4) is 5.75 Å². The number of nitrogens with one attached hydrogen (secondary N) is 1. The number of aromatic nitrogens is 3. The number of nitrogens with two attached hydrogens (primary N) is 1. The minimum atomic E-state index is -0.604. The molecule has 3 rings (SSSR count).